The van der Waals surface area contributed by atoms with E-state index in [1.807, 2.05) is 0 Å². The first-order chi connectivity index (χ1) is 8.27. The van der Waals surface area contributed by atoms with Gasteiger partial charge in [0, 0.05) is 0 Å². The molecule has 2 heteroatoms. The molecule has 1 aliphatic heterocycles. The molecule has 0 radical (unpaired) electrons. The molecule has 1 aromatic rings. The molecule has 1 aliphatic rings. The summed E-state index contributed by atoms with van der Waals surface area (Å²) in [5.74, 6) is 1.73. The molecule has 1 N–H and O–H groups in total. The van der Waals surface area contributed by atoms with Gasteiger partial charge in [-0.15, -0.1) is 0 Å². The fourth-order valence-corrected chi connectivity index (χ4v) is 2.51. The number of hydrogen-bond donors (Lipinski definition) is 1. The second-order valence-electron chi connectivity index (χ2n) is 5.08. The predicted molar refractivity (Wildman–Crippen MR) is 71.7 cm³/mol. The molecule has 2 nitrogen and oxygen atoms in total. The van der Waals surface area contributed by atoms with Gasteiger partial charge in [0.15, 0.2) is 0 Å². The zero-order chi connectivity index (χ0) is 12.1. The Balaban J connectivity index is 2.17. The maximum Gasteiger partial charge on any atom is 0.123 e. The first-order valence-corrected chi connectivity index (χ1v) is 6.73. The highest BCUT2D eigenvalue weighted by Gasteiger charge is 2.18. The molecule has 0 bridgehead atoms. The SMILES string of the molecule is CC(C)Oc1ccccc1C1CCCNCC1. The summed E-state index contributed by atoms with van der Waals surface area (Å²) < 4.78 is 5.92. The summed E-state index contributed by atoms with van der Waals surface area (Å²) in [5, 5.41) is 3.47. The number of nitrogens with one attached hydrogen (secondary N) is 1. The average Bonchev–Trinajstić information content (AvgIpc) is 2.57. The van der Waals surface area contributed by atoms with Crippen molar-refractivity contribution in [2.75, 3.05) is 13.1 Å². The highest BCUT2D eigenvalue weighted by molar-refractivity contribution is 5.36. The van der Waals surface area contributed by atoms with Gasteiger partial charge in [-0.25, -0.2) is 0 Å². The largest absolute Gasteiger partial charge is 0.491 e. The molecular weight excluding hydrogens is 210 g/mol. The Labute approximate surface area is 104 Å². The molecule has 1 fully saturated rings. The van der Waals surface area contributed by atoms with Crippen molar-refractivity contribution in [3.05, 3.63) is 29.8 Å². The van der Waals surface area contributed by atoms with Gasteiger partial charge in [0.2, 0.25) is 0 Å². The van der Waals surface area contributed by atoms with Gasteiger partial charge in [0.25, 0.3) is 0 Å². The zero-order valence-corrected chi connectivity index (χ0v) is 10.9. The summed E-state index contributed by atoms with van der Waals surface area (Å²) >= 11 is 0. The quantitative estimate of drug-likeness (QED) is 0.864. The number of rotatable bonds is 3. The molecule has 1 aromatic carbocycles. The minimum absolute atomic E-state index is 0.250. The van der Waals surface area contributed by atoms with Gasteiger partial charge >= 0.3 is 0 Å². The van der Waals surface area contributed by atoms with Crippen LogP contribution in [-0.4, -0.2) is 19.2 Å². The topological polar surface area (TPSA) is 21.3 Å². The van der Waals surface area contributed by atoms with Gasteiger partial charge in [0.05, 0.1) is 6.10 Å². The van der Waals surface area contributed by atoms with E-state index in [0.29, 0.717) is 5.92 Å². The summed E-state index contributed by atoms with van der Waals surface area (Å²) in [5.41, 5.74) is 1.39. The minimum Gasteiger partial charge on any atom is -0.491 e. The van der Waals surface area contributed by atoms with Crippen LogP contribution in [0.3, 0.4) is 0 Å². The van der Waals surface area contributed by atoms with E-state index in [1.54, 1.807) is 0 Å². The van der Waals surface area contributed by atoms with Gasteiger partial charge in [-0.05, 0) is 63.7 Å². The Hall–Kier alpha value is -1.02. The van der Waals surface area contributed by atoms with E-state index in [-0.39, 0.29) is 6.10 Å². The highest BCUT2D eigenvalue weighted by atomic mass is 16.5. The summed E-state index contributed by atoms with van der Waals surface area (Å²) in [6.45, 7) is 6.46. The normalized spacial score (nSPS) is 21.2. The maximum atomic E-state index is 5.92. The van der Waals surface area contributed by atoms with Crippen LogP contribution in [0.4, 0.5) is 0 Å². The van der Waals surface area contributed by atoms with Crippen LogP contribution < -0.4 is 10.1 Å². The number of para-hydroxylation sites is 1. The Morgan fingerprint density at radius 1 is 1.18 bits per heavy atom. The molecule has 0 aliphatic carbocycles. The van der Waals surface area contributed by atoms with Gasteiger partial charge < -0.3 is 10.1 Å². The zero-order valence-electron chi connectivity index (χ0n) is 10.9. The molecule has 0 aromatic heterocycles. The molecule has 0 saturated carbocycles. The second-order valence-corrected chi connectivity index (χ2v) is 5.08. The predicted octanol–water partition coefficient (Wildman–Crippen LogP) is 3.33. The molecule has 1 heterocycles. The molecule has 17 heavy (non-hydrogen) atoms. The monoisotopic (exact) mass is 233 g/mol. The third-order valence-corrected chi connectivity index (χ3v) is 3.30. The van der Waals surface area contributed by atoms with Gasteiger partial charge in [0.1, 0.15) is 5.75 Å². The smallest absolute Gasteiger partial charge is 0.123 e. The van der Waals surface area contributed by atoms with E-state index in [1.165, 1.54) is 24.8 Å². The van der Waals surface area contributed by atoms with Crippen LogP contribution in [0.5, 0.6) is 5.75 Å². The lowest BCUT2D eigenvalue weighted by Gasteiger charge is -2.20. The van der Waals surface area contributed by atoms with Crippen LogP contribution in [0, 0.1) is 0 Å². The van der Waals surface area contributed by atoms with Crippen LogP contribution >= 0.6 is 0 Å². The number of hydrogen-bond acceptors (Lipinski definition) is 2. The van der Waals surface area contributed by atoms with Crippen molar-refractivity contribution < 1.29 is 4.74 Å². The Kier molecular flexibility index (Phi) is 4.43. The van der Waals surface area contributed by atoms with Crippen molar-refractivity contribution in [2.24, 2.45) is 0 Å². The van der Waals surface area contributed by atoms with Crippen molar-refractivity contribution in [2.45, 2.75) is 45.1 Å². The summed E-state index contributed by atoms with van der Waals surface area (Å²) in [6, 6.07) is 8.53. The summed E-state index contributed by atoms with van der Waals surface area (Å²) in [6.07, 6.45) is 4.00. The van der Waals surface area contributed by atoms with Crippen molar-refractivity contribution in [3.63, 3.8) is 0 Å². The summed E-state index contributed by atoms with van der Waals surface area (Å²) in [7, 11) is 0. The third-order valence-electron chi connectivity index (χ3n) is 3.30. The molecule has 0 amide bonds. The highest BCUT2D eigenvalue weighted by Crippen LogP contribution is 2.33. The lowest BCUT2D eigenvalue weighted by atomic mass is 9.91. The van der Waals surface area contributed by atoms with Crippen molar-refractivity contribution in [1.82, 2.24) is 5.32 Å². The van der Waals surface area contributed by atoms with E-state index in [0.717, 1.165) is 18.8 Å². The van der Waals surface area contributed by atoms with E-state index in [4.69, 9.17) is 4.74 Å². The lowest BCUT2D eigenvalue weighted by molar-refractivity contribution is 0.238. The molecule has 0 spiro atoms. The maximum absolute atomic E-state index is 5.92. The van der Waals surface area contributed by atoms with E-state index >= 15 is 0 Å². The Morgan fingerprint density at radius 2 is 2.00 bits per heavy atom. The average molecular weight is 233 g/mol. The van der Waals surface area contributed by atoms with Crippen LogP contribution in [0.2, 0.25) is 0 Å². The first kappa shape index (κ1) is 12.4. The molecule has 94 valence electrons. The van der Waals surface area contributed by atoms with Crippen molar-refractivity contribution in [3.8, 4) is 5.75 Å². The second kappa shape index (κ2) is 6.06. The first-order valence-electron chi connectivity index (χ1n) is 6.73. The Bertz CT molecular complexity index is 341. The van der Waals surface area contributed by atoms with Crippen molar-refractivity contribution in [1.29, 1.82) is 0 Å². The van der Waals surface area contributed by atoms with Crippen LogP contribution in [0.15, 0.2) is 24.3 Å². The fraction of sp³-hybridized carbons (Fsp3) is 0.600. The molecule has 1 unspecified atom stereocenters. The van der Waals surface area contributed by atoms with Crippen LogP contribution in [0.1, 0.15) is 44.6 Å². The van der Waals surface area contributed by atoms with E-state index in [2.05, 4.69) is 43.4 Å². The van der Waals surface area contributed by atoms with Gasteiger partial charge in [-0.2, -0.15) is 0 Å². The fourth-order valence-electron chi connectivity index (χ4n) is 2.51. The lowest BCUT2D eigenvalue weighted by Crippen LogP contribution is -2.14. The minimum atomic E-state index is 0.250. The standard InChI is InChI=1S/C15H23NO/c1-12(2)17-15-8-4-3-7-14(15)13-6-5-10-16-11-9-13/h3-4,7-8,12-13,16H,5-6,9-11H2,1-2H3. The Morgan fingerprint density at radius 3 is 2.82 bits per heavy atom. The molecule has 2 rings (SSSR count). The molecule has 1 saturated heterocycles. The van der Waals surface area contributed by atoms with Crippen LogP contribution in [-0.2, 0) is 0 Å². The van der Waals surface area contributed by atoms with Crippen LogP contribution in [0.25, 0.3) is 0 Å². The van der Waals surface area contributed by atoms with E-state index in [9.17, 15) is 0 Å². The number of ether oxygens (including phenoxy) is 1. The number of benzene rings is 1. The summed E-state index contributed by atoms with van der Waals surface area (Å²) in [4.78, 5) is 0. The van der Waals surface area contributed by atoms with Crippen molar-refractivity contribution >= 4 is 0 Å². The van der Waals surface area contributed by atoms with Gasteiger partial charge in [-0.1, -0.05) is 18.2 Å². The van der Waals surface area contributed by atoms with Gasteiger partial charge in [-0.3, -0.25) is 0 Å². The van der Waals surface area contributed by atoms with E-state index < -0.39 is 0 Å². The third kappa shape index (κ3) is 3.47. The molecular formula is C15H23NO. The molecule has 1 atom stereocenters.